The highest BCUT2D eigenvalue weighted by molar-refractivity contribution is 5.18. The highest BCUT2D eigenvalue weighted by atomic mass is 16.5. The molecule has 3 aliphatic rings. The lowest BCUT2D eigenvalue weighted by atomic mass is 9.90. The fourth-order valence-corrected chi connectivity index (χ4v) is 5.53. The molecule has 0 aromatic carbocycles. The van der Waals surface area contributed by atoms with E-state index in [4.69, 9.17) is 4.74 Å². The number of unbranched alkanes of at least 4 members (excludes halogenated alkanes) is 2. The summed E-state index contributed by atoms with van der Waals surface area (Å²) in [6.45, 7) is 7.27. The summed E-state index contributed by atoms with van der Waals surface area (Å²) < 4.78 is 5.88. The van der Waals surface area contributed by atoms with Crippen molar-refractivity contribution in [3.8, 4) is 0 Å². The third-order valence-electron chi connectivity index (χ3n) is 7.26. The first kappa shape index (κ1) is 23.0. The molecular weight excluding hydrogens is 362 g/mol. The Morgan fingerprint density at radius 1 is 1.17 bits per heavy atom. The van der Waals surface area contributed by atoms with Crippen LogP contribution in [0.3, 0.4) is 0 Å². The van der Waals surface area contributed by atoms with Gasteiger partial charge in [-0.05, 0) is 63.5 Å². The molecule has 1 aliphatic heterocycles. The Labute approximate surface area is 178 Å². The van der Waals surface area contributed by atoms with Gasteiger partial charge in [0, 0.05) is 12.5 Å². The molecule has 0 spiro atoms. The molecule has 2 saturated carbocycles. The minimum absolute atomic E-state index is 0.201. The van der Waals surface area contributed by atoms with Crippen LogP contribution < -0.4 is 0 Å². The second-order valence-corrected chi connectivity index (χ2v) is 9.50. The van der Waals surface area contributed by atoms with Crippen molar-refractivity contribution in [1.29, 1.82) is 0 Å². The fraction of sp³-hybridized carbons (Fsp3) is 0.840. The lowest BCUT2D eigenvalue weighted by molar-refractivity contribution is 0.114. The van der Waals surface area contributed by atoms with Gasteiger partial charge in [-0.3, -0.25) is 0 Å². The molecule has 0 radical (unpaired) electrons. The number of hydrogen-bond acceptors (Lipinski definition) is 4. The molecule has 0 bridgehead atoms. The number of aliphatic hydroxyl groups is 2. The summed E-state index contributed by atoms with van der Waals surface area (Å²) in [5, 5.41) is 20.7. The summed E-state index contributed by atoms with van der Waals surface area (Å²) in [6, 6.07) is 0. The standard InChI is InChI=1S/C25H43NO3/c1-2-3-5-8-22(27)9-10-23-24-18-20(17-21(24)19-25(23)28)11-15-29-16-14-26-12-6-4-7-13-26/h9-11,21-25,27-28H,2-8,12-19H2,1H3/b10-9+,20-11+/t21-,22-,23+,24-,25+/m0/s1. The highest BCUT2D eigenvalue weighted by Gasteiger charge is 2.44. The summed E-state index contributed by atoms with van der Waals surface area (Å²) in [7, 11) is 0. The molecule has 4 nitrogen and oxygen atoms in total. The van der Waals surface area contributed by atoms with Gasteiger partial charge in [0.2, 0.25) is 0 Å². The molecule has 3 fully saturated rings. The van der Waals surface area contributed by atoms with Crippen LogP contribution in [-0.2, 0) is 4.74 Å². The number of fused-ring (bicyclic) bond motifs is 1. The van der Waals surface area contributed by atoms with E-state index in [2.05, 4.69) is 24.0 Å². The van der Waals surface area contributed by atoms with Gasteiger partial charge in [-0.2, -0.15) is 0 Å². The molecule has 0 unspecified atom stereocenters. The van der Waals surface area contributed by atoms with Crippen LogP contribution in [0.1, 0.15) is 71.1 Å². The topological polar surface area (TPSA) is 52.9 Å². The van der Waals surface area contributed by atoms with E-state index in [1.54, 1.807) is 0 Å². The van der Waals surface area contributed by atoms with Crippen molar-refractivity contribution >= 4 is 0 Å². The van der Waals surface area contributed by atoms with Gasteiger partial charge >= 0.3 is 0 Å². The minimum Gasteiger partial charge on any atom is -0.392 e. The summed E-state index contributed by atoms with van der Waals surface area (Å²) in [5.41, 5.74) is 1.51. The molecule has 0 aromatic rings. The predicted molar refractivity (Wildman–Crippen MR) is 119 cm³/mol. The third kappa shape index (κ3) is 7.20. The maximum atomic E-state index is 10.5. The Kier molecular flexibility index (Phi) is 9.71. The number of likely N-dealkylation sites (tertiary alicyclic amines) is 1. The zero-order chi connectivity index (χ0) is 20.5. The van der Waals surface area contributed by atoms with Gasteiger partial charge in [-0.1, -0.05) is 56.4 Å². The molecule has 2 aliphatic carbocycles. The van der Waals surface area contributed by atoms with E-state index in [-0.39, 0.29) is 18.1 Å². The van der Waals surface area contributed by atoms with Gasteiger partial charge in [0.05, 0.1) is 25.4 Å². The monoisotopic (exact) mass is 405 g/mol. The second-order valence-electron chi connectivity index (χ2n) is 9.50. The Balaban J connectivity index is 1.38. The minimum atomic E-state index is -0.363. The Hall–Kier alpha value is -0.680. The van der Waals surface area contributed by atoms with E-state index in [0.29, 0.717) is 11.8 Å². The van der Waals surface area contributed by atoms with Gasteiger partial charge in [0.15, 0.2) is 0 Å². The van der Waals surface area contributed by atoms with Crippen molar-refractivity contribution in [2.24, 2.45) is 17.8 Å². The largest absolute Gasteiger partial charge is 0.392 e. The van der Waals surface area contributed by atoms with Gasteiger partial charge in [-0.25, -0.2) is 0 Å². The normalized spacial score (nSPS) is 33.0. The fourth-order valence-electron chi connectivity index (χ4n) is 5.53. The van der Waals surface area contributed by atoms with Crippen molar-refractivity contribution < 1.29 is 14.9 Å². The van der Waals surface area contributed by atoms with E-state index < -0.39 is 0 Å². The highest BCUT2D eigenvalue weighted by Crippen LogP contribution is 2.50. The van der Waals surface area contributed by atoms with Crippen LogP contribution in [0.4, 0.5) is 0 Å². The summed E-state index contributed by atoms with van der Waals surface area (Å²) >= 11 is 0. The predicted octanol–water partition coefficient (Wildman–Crippen LogP) is 4.32. The van der Waals surface area contributed by atoms with Gasteiger partial charge in [0.25, 0.3) is 0 Å². The van der Waals surface area contributed by atoms with Crippen molar-refractivity contribution in [3.63, 3.8) is 0 Å². The Morgan fingerprint density at radius 3 is 2.79 bits per heavy atom. The molecule has 0 amide bonds. The van der Waals surface area contributed by atoms with Crippen molar-refractivity contribution in [1.82, 2.24) is 4.90 Å². The summed E-state index contributed by atoms with van der Waals surface area (Å²) in [4.78, 5) is 2.52. The molecule has 4 heteroatoms. The number of allylic oxidation sites excluding steroid dienone is 1. The molecule has 3 rings (SSSR count). The molecule has 1 heterocycles. The average Bonchev–Trinajstić information content (AvgIpc) is 3.23. The van der Waals surface area contributed by atoms with Crippen LogP contribution >= 0.6 is 0 Å². The molecule has 29 heavy (non-hydrogen) atoms. The zero-order valence-electron chi connectivity index (χ0n) is 18.5. The smallest absolute Gasteiger partial charge is 0.0721 e. The molecule has 0 aromatic heterocycles. The van der Waals surface area contributed by atoms with Crippen LogP contribution in [-0.4, -0.2) is 60.2 Å². The van der Waals surface area contributed by atoms with Crippen LogP contribution in [0.15, 0.2) is 23.8 Å². The van der Waals surface area contributed by atoms with Crippen molar-refractivity contribution in [2.45, 2.75) is 83.3 Å². The first-order valence-corrected chi connectivity index (χ1v) is 12.2. The van der Waals surface area contributed by atoms with Crippen LogP contribution in [0.25, 0.3) is 0 Å². The molecular formula is C25H43NO3. The number of nitrogens with zero attached hydrogens (tertiary/aromatic N) is 1. The van der Waals surface area contributed by atoms with E-state index >= 15 is 0 Å². The lowest BCUT2D eigenvalue weighted by Gasteiger charge is -2.25. The molecule has 166 valence electrons. The van der Waals surface area contributed by atoms with E-state index in [0.717, 1.165) is 51.9 Å². The number of hydrogen-bond donors (Lipinski definition) is 2. The number of rotatable bonds is 11. The molecule has 1 saturated heterocycles. The van der Waals surface area contributed by atoms with Crippen LogP contribution in [0.5, 0.6) is 0 Å². The Bertz CT molecular complexity index is 526. The van der Waals surface area contributed by atoms with Crippen LogP contribution in [0, 0.1) is 17.8 Å². The van der Waals surface area contributed by atoms with Crippen molar-refractivity contribution in [2.75, 3.05) is 32.8 Å². The quantitative estimate of drug-likeness (QED) is 0.397. The van der Waals surface area contributed by atoms with Gasteiger partial charge in [-0.15, -0.1) is 0 Å². The number of aliphatic hydroxyl groups excluding tert-OH is 2. The van der Waals surface area contributed by atoms with Gasteiger partial charge in [0.1, 0.15) is 0 Å². The first-order valence-electron chi connectivity index (χ1n) is 12.2. The van der Waals surface area contributed by atoms with Gasteiger partial charge < -0.3 is 19.8 Å². The maximum Gasteiger partial charge on any atom is 0.0721 e. The average molecular weight is 406 g/mol. The summed E-state index contributed by atoms with van der Waals surface area (Å²) in [6.07, 6.45) is 17.2. The zero-order valence-corrected chi connectivity index (χ0v) is 18.5. The third-order valence-corrected chi connectivity index (χ3v) is 7.26. The summed E-state index contributed by atoms with van der Waals surface area (Å²) in [5.74, 6) is 1.33. The van der Waals surface area contributed by atoms with E-state index in [1.165, 1.54) is 50.8 Å². The number of ether oxygens (including phenoxy) is 1. The second kappa shape index (κ2) is 12.2. The molecule has 2 N–H and O–H groups in total. The maximum absolute atomic E-state index is 10.5. The SMILES string of the molecule is CCCCC[C@H](O)/C=C/[C@@H]1[C@H]2C/C(=C/COCCN3CCCCC3)C[C@H]2C[C@H]1O. The van der Waals surface area contributed by atoms with E-state index in [1.807, 2.05) is 6.08 Å². The lowest BCUT2D eigenvalue weighted by Crippen LogP contribution is -2.32. The van der Waals surface area contributed by atoms with Crippen molar-refractivity contribution in [3.05, 3.63) is 23.8 Å². The van der Waals surface area contributed by atoms with E-state index in [9.17, 15) is 10.2 Å². The first-order chi connectivity index (χ1) is 14.2. The number of piperidine rings is 1. The molecule has 5 atom stereocenters. The Morgan fingerprint density at radius 2 is 2.00 bits per heavy atom. The van der Waals surface area contributed by atoms with Crippen LogP contribution in [0.2, 0.25) is 0 Å².